The standard InChI is InChI=1S/C36H30/c1-28-22-24-29(25-23-28)34(26-35(30-14-6-2-7-15-30)31-16-8-3-9-17-31)27-36(32-18-10-4-11-19-32)33-20-12-5-13-21-33/h2-27,34H,1H3. The predicted molar refractivity (Wildman–Crippen MR) is 154 cm³/mol. The van der Waals surface area contributed by atoms with Crippen molar-refractivity contribution >= 4 is 11.1 Å². The van der Waals surface area contributed by atoms with Gasteiger partial charge < -0.3 is 0 Å². The Balaban J connectivity index is 1.74. The molecular weight excluding hydrogens is 432 g/mol. The molecule has 0 aliphatic rings. The highest BCUT2D eigenvalue weighted by atomic mass is 14.2. The van der Waals surface area contributed by atoms with Crippen molar-refractivity contribution in [2.45, 2.75) is 12.8 Å². The summed E-state index contributed by atoms with van der Waals surface area (Å²) < 4.78 is 0. The fourth-order valence-electron chi connectivity index (χ4n) is 4.58. The molecule has 0 bridgehead atoms. The first-order valence-corrected chi connectivity index (χ1v) is 12.5. The van der Waals surface area contributed by atoms with Gasteiger partial charge in [-0.25, -0.2) is 0 Å². The van der Waals surface area contributed by atoms with Gasteiger partial charge in [0, 0.05) is 5.92 Å². The highest BCUT2D eigenvalue weighted by Crippen LogP contribution is 2.33. The molecule has 5 aromatic rings. The number of allylic oxidation sites excluding steroid dienone is 2. The maximum absolute atomic E-state index is 2.42. The van der Waals surface area contributed by atoms with Crippen LogP contribution in [0, 0.1) is 6.92 Å². The van der Waals surface area contributed by atoms with E-state index >= 15 is 0 Å². The van der Waals surface area contributed by atoms with E-state index in [0.29, 0.717) is 0 Å². The van der Waals surface area contributed by atoms with Gasteiger partial charge in [-0.1, -0.05) is 163 Å². The van der Waals surface area contributed by atoms with Gasteiger partial charge in [0.15, 0.2) is 0 Å². The van der Waals surface area contributed by atoms with Crippen LogP contribution < -0.4 is 0 Å². The van der Waals surface area contributed by atoms with E-state index in [1.165, 1.54) is 44.5 Å². The summed E-state index contributed by atoms with van der Waals surface area (Å²) in [5, 5.41) is 0. The Morgan fingerprint density at radius 1 is 0.417 bits per heavy atom. The first-order valence-electron chi connectivity index (χ1n) is 12.5. The first kappa shape index (κ1) is 23.3. The molecule has 0 amide bonds. The fourth-order valence-corrected chi connectivity index (χ4v) is 4.58. The zero-order valence-corrected chi connectivity index (χ0v) is 20.6. The lowest BCUT2D eigenvalue weighted by Crippen LogP contribution is -1.99. The molecule has 0 saturated carbocycles. The smallest absolute Gasteiger partial charge is 0.0217 e. The Bertz CT molecular complexity index is 1250. The maximum Gasteiger partial charge on any atom is 0.0217 e. The maximum atomic E-state index is 2.42. The number of benzene rings is 5. The Morgan fingerprint density at radius 3 is 1.03 bits per heavy atom. The second kappa shape index (κ2) is 11.3. The Morgan fingerprint density at radius 2 is 0.722 bits per heavy atom. The molecule has 0 heteroatoms. The third kappa shape index (κ3) is 5.62. The number of aryl methyl sites for hydroxylation is 1. The van der Waals surface area contributed by atoms with E-state index in [-0.39, 0.29) is 5.92 Å². The number of rotatable bonds is 7. The summed E-state index contributed by atoms with van der Waals surface area (Å²) in [5.74, 6) is 0.0800. The topological polar surface area (TPSA) is 0 Å². The molecule has 0 N–H and O–H groups in total. The van der Waals surface area contributed by atoms with Crippen LogP contribution in [0.5, 0.6) is 0 Å². The molecule has 0 saturated heterocycles. The average Bonchev–Trinajstić information content (AvgIpc) is 2.96. The second-order valence-electron chi connectivity index (χ2n) is 9.06. The Kier molecular flexibility index (Phi) is 7.35. The van der Waals surface area contributed by atoms with Gasteiger partial charge in [-0.15, -0.1) is 0 Å². The van der Waals surface area contributed by atoms with E-state index in [0.717, 1.165) is 0 Å². The van der Waals surface area contributed by atoms with Crippen molar-refractivity contribution in [3.8, 4) is 0 Å². The first-order chi connectivity index (χ1) is 17.8. The molecule has 5 rings (SSSR count). The van der Waals surface area contributed by atoms with E-state index in [4.69, 9.17) is 0 Å². The van der Waals surface area contributed by atoms with Gasteiger partial charge in [-0.3, -0.25) is 0 Å². The molecule has 0 nitrogen and oxygen atoms in total. The van der Waals surface area contributed by atoms with E-state index < -0.39 is 0 Å². The van der Waals surface area contributed by atoms with Crippen LogP contribution in [-0.4, -0.2) is 0 Å². The summed E-state index contributed by atoms with van der Waals surface area (Å²) in [6, 6.07) is 51.7. The van der Waals surface area contributed by atoms with Crippen molar-refractivity contribution in [2.75, 3.05) is 0 Å². The average molecular weight is 463 g/mol. The zero-order valence-electron chi connectivity index (χ0n) is 20.6. The monoisotopic (exact) mass is 462 g/mol. The van der Waals surface area contributed by atoms with Gasteiger partial charge in [-0.2, -0.15) is 0 Å². The molecule has 5 aromatic carbocycles. The molecule has 0 aromatic heterocycles. The van der Waals surface area contributed by atoms with Gasteiger partial charge in [0.05, 0.1) is 0 Å². The summed E-state index contributed by atoms with van der Waals surface area (Å²) in [4.78, 5) is 0. The fraction of sp³-hybridized carbons (Fsp3) is 0.0556. The summed E-state index contributed by atoms with van der Waals surface area (Å²) in [5.41, 5.74) is 9.88. The van der Waals surface area contributed by atoms with Crippen LogP contribution in [0.4, 0.5) is 0 Å². The van der Waals surface area contributed by atoms with Crippen molar-refractivity contribution in [3.63, 3.8) is 0 Å². The minimum absolute atomic E-state index is 0.0800. The van der Waals surface area contributed by atoms with Gasteiger partial charge in [0.25, 0.3) is 0 Å². The molecule has 0 fully saturated rings. The zero-order chi connectivity index (χ0) is 24.6. The lowest BCUT2D eigenvalue weighted by Gasteiger charge is -2.18. The molecule has 0 aliphatic carbocycles. The normalized spacial score (nSPS) is 10.6. The molecule has 0 aliphatic heterocycles. The van der Waals surface area contributed by atoms with Crippen molar-refractivity contribution < 1.29 is 0 Å². The summed E-state index contributed by atoms with van der Waals surface area (Å²) >= 11 is 0. The van der Waals surface area contributed by atoms with Crippen molar-refractivity contribution in [3.05, 3.63) is 191 Å². The minimum atomic E-state index is 0.0800. The van der Waals surface area contributed by atoms with Crippen LogP contribution in [0.2, 0.25) is 0 Å². The van der Waals surface area contributed by atoms with Gasteiger partial charge in [-0.05, 0) is 45.9 Å². The number of hydrogen-bond acceptors (Lipinski definition) is 0. The second-order valence-corrected chi connectivity index (χ2v) is 9.06. The molecule has 0 spiro atoms. The largest absolute Gasteiger partial charge is 0.0647 e. The predicted octanol–water partition coefficient (Wildman–Crippen LogP) is 9.34. The van der Waals surface area contributed by atoms with Gasteiger partial charge in [0.2, 0.25) is 0 Å². The highest BCUT2D eigenvalue weighted by molar-refractivity contribution is 5.83. The van der Waals surface area contributed by atoms with Crippen LogP contribution in [0.1, 0.15) is 39.3 Å². The molecule has 0 atom stereocenters. The molecule has 0 radical (unpaired) electrons. The molecule has 0 unspecified atom stereocenters. The van der Waals surface area contributed by atoms with Crippen LogP contribution in [0.15, 0.2) is 158 Å². The summed E-state index contributed by atoms with van der Waals surface area (Å²) in [6.45, 7) is 2.14. The van der Waals surface area contributed by atoms with Crippen molar-refractivity contribution in [2.24, 2.45) is 0 Å². The molecule has 0 heterocycles. The highest BCUT2D eigenvalue weighted by Gasteiger charge is 2.14. The van der Waals surface area contributed by atoms with Crippen molar-refractivity contribution in [1.82, 2.24) is 0 Å². The summed E-state index contributed by atoms with van der Waals surface area (Å²) in [7, 11) is 0. The van der Waals surface area contributed by atoms with Crippen LogP contribution in [-0.2, 0) is 0 Å². The lowest BCUT2D eigenvalue weighted by atomic mass is 9.86. The van der Waals surface area contributed by atoms with Crippen molar-refractivity contribution in [1.29, 1.82) is 0 Å². The Hall–Kier alpha value is -4.42. The molecule has 174 valence electrons. The van der Waals surface area contributed by atoms with Crippen LogP contribution >= 0.6 is 0 Å². The van der Waals surface area contributed by atoms with Gasteiger partial charge in [0.1, 0.15) is 0 Å². The molecular formula is C36H30. The van der Waals surface area contributed by atoms with E-state index in [2.05, 4.69) is 165 Å². The SMILES string of the molecule is Cc1ccc(C(C=C(c2ccccc2)c2ccccc2)C=C(c2ccccc2)c2ccccc2)cc1. The van der Waals surface area contributed by atoms with Gasteiger partial charge >= 0.3 is 0 Å². The number of hydrogen-bond donors (Lipinski definition) is 0. The molecule has 36 heavy (non-hydrogen) atoms. The minimum Gasteiger partial charge on any atom is -0.0647 e. The lowest BCUT2D eigenvalue weighted by molar-refractivity contribution is 1.08. The van der Waals surface area contributed by atoms with Crippen LogP contribution in [0.3, 0.4) is 0 Å². The van der Waals surface area contributed by atoms with E-state index in [9.17, 15) is 0 Å². The Labute approximate surface area is 214 Å². The third-order valence-corrected chi connectivity index (χ3v) is 6.49. The summed E-state index contributed by atoms with van der Waals surface area (Å²) in [6.07, 6.45) is 4.84. The van der Waals surface area contributed by atoms with E-state index in [1.807, 2.05) is 0 Å². The van der Waals surface area contributed by atoms with Crippen LogP contribution in [0.25, 0.3) is 11.1 Å². The third-order valence-electron chi connectivity index (χ3n) is 6.49. The quantitative estimate of drug-likeness (QED) is 0.226. The van der Waals surface area contributed by atoms with E-state index in [1.54, 1.807) is 0 Å².